The van der Waals surface area contributed by atoms with E-state index in [1.807, 2.05) is 24.3 Å². The van der Waals surface area contributed by atoms with Gasteiger partial charge in [0.05, 0.1) is 11.7 Å². The summed E-state index contributed by atoms with van der Waals surface area (Å²) >= 11 is 0. The first kappa shape index (κ1) is 17.2. The third-order valence-corrected chi connectivity index (χ3v) is 6.62. The van der Waals surface area contributed by atoms with Gasteiger partial charge in [0.2, 0.25) is 0 Å². The maximum absolute atomic E-state index is 9.78. The summed E-state index contributed by atoms with van der Waals surface area (Å²) in [7, 11) is 0. The van der Waals surface area contributed by atoms with Gasteiger partial charge in [0.25, 0.3) is 0 Å². The SMILES string of the molecule is OC[C@H]1[C@H]2CN(Cc3cccc(OCc4ccccc4)c3)C[C@]23CC[C@H]1O3. The molecule has 142 valence electrons. The molecule has 3 aliphatic heterocycles. The van der Waals surface area contributed by atoms with Gasteiger partial charge < -0.3 is 14.6 Å². The van der Waals surface area contributed by atoms with Crippen molar-refractivity contribution in [2.45, 2.75) is 37.7 Å². The zero-order chi connectivity index (χ0) is 18.3. The maximum Gasteiger partial charge on any atom is 0.120 e. The molecule has 4 atom stereocenters. The van der Waals surface area contributed by atoms with Gasteiger partial charge in [-0.3, -0.25) is 4.90 Å². The maximum atomic E-state index is 9.78. The molecule has 2 aromatic rings. The van der Waals surface area contributed by atoms with Crippen LogP contribution in [0.25, 0.3) is 0 Å². The molecule has 4 heteroatoms. The Kier molecular flexibility index (Phi) is 4.43. The summed E-state index contributed by atoms with van der Waals surface area (Å²) in [6.45, 7) is 3.77. The van der Waals surface area contributed by atoms with Gasteiger partial charge in [-0.25, -0.2) is 0 Å². The summed E-state index contributed by atoms with van der Waals surface area (Å²) in [5.74, 6) is 1.72. The van der Waals surface area contributed by atoms with Gasteiger partial charge in [0.15, 0.2) is 0 Å². The fourth-order valence-corrected chi connectivity index (χ4v) is 5.38. The standard InChI is InChI=1S/C23H27NO3/c25-14-20-21-13-24(16-23(21)10-9-22(20)27-23)12-18-7-4-8-19(11-18)26-15-17-5-2-1-3-6-17/h1-8,11,20-22,25H,9-10,12-16H2/t20-,21+,22+,23+/m0/s1. The minimum absolute atomic E-state index is 0.000513. The van der Waals surface area contributed by atoms with Crippen LogP contribution in [0.4, 0.5) is 0 Å². The molecule has 3 heterocycles. The van der Waals surface area contributed by atoms with E-state index in [0.717, 1.165) is 38.2 Å². The summed E-state index contributed by atoms with van der Waals surface area (Å²) in [5.41, 5.74) is 2.45. The molecule has 0 radical (unpaired) electrons. The van der Waals surface area contributed by atoms with Crippen LogP contribution >= 0.6 is 0 Å². The zero-order valence-electron chi connectivity index (χ0n) is 15.6. The van der Waals surface area contributed by atoms with Crippen LogP contribution in [-0.4, -0.2) is 41.4 Å². The zero-order valence-corrected chi connectivity index (χ0v) is 15.6. The molecular weight excluding hydrogens is 338 g/mol. The van der Waals surface area contributed by atoms with Crippen LogP contribution in [0.3, 0.4) is 0 Å². The number of hydrogen-bond donors (Lipinski definition) is 1. The van der Waals surface area contributed by atoms with Crippen molar-refractivity contribution in [3.05, 3.63) is 65.7 Å². The van der Waals surface area contributed by atoms with Crippen molar-refractivity contribution in [1.29, 1.82) is 0 Å². The van der Waals surface area contributed by atoms with Crippen molar-refractivity contribution in [3.8, 4) is 5.75 Å². The Morgan fingerprint density at radius 1 is 1.11 bits per heavy atom. The summed E-state index contributed by atoms with van der Waals surface area (Å²) in [6.07, 6.45) is 2.55. The lowest BCUT2D eigenvalue weighted by atomic mass is 9.74. The van der Waals surface area contributed by atoms with E-state index in [9.17, 15) is 5.11 Å². The fraction of sp³-hybridized carbons (Fsp3) is 0.478. The Balaban J connectivity index is 1.23. The fourth-order valence-electron chi connectivity index (χ4n) is 5.38. The topological polar surface area (TPSA) is 41.9 Å². The number of fused-ring (bicyclic) bond motifs is 1. The number of ether oxygens (including phenoxy) is 2. The van der Waals surface area contributed by atoms with Crippen LogP contribution < -0.4 is 4.74 Å². The quantitative estimate of drug-likeness (QED) is 0.853. The van der Waals surface area contributed by atoms with Crippen LogP contribution in [0.2, 0.25) is 0 Å². The van der Waals surface area contributed by atoms with Crippen LogP contribution in [-0.2, 0) is 17.9 Å². The second-order valence-electron chi connectivity index (χ2n) is 8.30. The largest absolute Gasteiger partial charge is 0.489 e. The minimum atomic E-state index is -0.000513. The van der Waals surface area contributed by atoms with E-state index in [0.29, 0.717) is 18.4 Å². The Morgan fingerprint density at radius 2 is 1.96 bits per heavy atom. The molecule has 0 unspecified atom stereocenters. The molecule has 27 heavy (non-hydrogen) atoms. The van der Waals surface area contributed by atoms with Crippen LogP contribution in [0, 0.1) is 11.8 Å². The first-order valence-corrected chi connectivity index (χ1v) is 10.0. The first-order chi connectivity index (χ1) is 13.3. The van der Waals surface area contributed by atoms with Gasteiger partial charge in [-0.2, -0.15) is 0 Å². The number of aliphatic hydroxyl groups is 1. The molecule has 1 spiro atoms. The molecule has 3 aliphatic rings. The highest BCUT2D eigenvalue weighted by molar-refractivity contribution is 5.29. The van der Waals surface area contributed by atoms with Crippen LogP contribution in [0.5, 0.6) is 5.75 Å². The monoisotopic (exact) mass is 365 g/mol. The Morgan fingerprint density at radius 3 is 2.81 bits per heavy atom. The van der Waals surface area contributed by atoms with Crippen molar-refractivity contribution in [3.63, 3.8) is 0 Å². The highest BCUT2D eigenvalue weighted by Gasteiger charge is 2.62. The molecule has 0 saturated carbocycles. The number of hydrogen-bond acceptors (Lipinski definition) is 4. The van der Waals surface area contributed by atoms with Gasteiger partial charge >= 0.3 is 0 Å². The van der Waals surface area contributed by atoms with E-state index in [4.69, 9.17) is 9.47 Å². The molecule has 0 amide bonds. The van der Waals surface area contributed by atoms with Gasteiger partial charge in [-0.05, 0) is 36.1 Å². The number of nitrogens with zero attached hydrogens (tertiary/aromatic N) is 1. The molecule has 4 nitrogen and oxygen atoms in total. The average molecular weight is 365 g/mol. The van der Waals surface area contributed by atoms with E-state index in [1.54, 1.807) is 0 Å². The number of rotatable bonds is 6. The van der Waals surface area contributed by atoms with Gasteiger partial charge in [-0.1, -0.05) is 42.5 Å². The lowest BCUT2D eigenvalue weighted by Gasteiger charge is -2.28. The number of likely N-dealkylation sites (tertiary alicyclic amines) is 1. The highest BCUT2D eigenvalue weighted by atomic mass is 16.5. The summed E-state index contributed by atoms with van der Waals surface area (Å²) < 4.78 is 12.3. The van der Waals surface area contributed by atoms with Crippen molar-refractivity contribution in [2.75, 3.05) is 19.7 Å². The number of benzene rings is 2. The molecule has 3 saturated heterocycles. The molecule has 5 rings (SSSR count). The molecule has 1 N–H and O–H groups in total. The second-order valence-corrected chi connectivity index (χ2v) is 8.30. The predicted octanol–water partition coefficient (Wildman–Crippen LogP) is 3.24. The summed E-state index contributed by atoms with van der Waals surface area (Å²) in [5, 5.41) is 9.78. The van der Waals surface area contributed by atoms with Gasteiger partial charge in [-0.15, -0.1) is 0 Å². The second kappa shape index (κ2) is 6.93. The molecule has 2 aromatic carbocycles. The third-order valence-electron chi connectivity index (χ3n) is 6.62. The van der Waals surface area contributed by atoms with Gasteiger partial charge in [0.1, 0.15) is 12.4 Å². The number of aliphatic hydroxyl groups excluding tert-OH is 1. The normalized spacial score (nSPS) is 32.0. The lowest BCUT2D eigenvalue weighted by Crippen LogP contribution is -2.37. The Labute approximate surface area is 160 Å². The van der Waals surface area contributed by atoms with E-state index < -0.39 is 0 Å². The summed E-state index contributed by atoms with van der Waals surface area (Å²) in [6, 6.07) is 18.7. The third kappa shape index (κ3) is 3.16. The molecular formula is C23H27NO3. The minimum Gasteiger partial charge on any atom is -0.489 e. The summed E-state index contributed by atoms with van der Waals surface area (Å²) in [4.78, 5) is 2.49. The molecule has 0 aliphatic carbocycles. The van der Waals surface area contributed by atoms with Crippen molar-refractivity contribution in [1.82, 2.24) is 4.90 Å². The van der Waals surface area contributed by atoms with Crippen molar-refractivity contribution in [2.24, 2.45) is 11.8 Å². The average Bonchev–Trinajstić information content (AvgIpc) is 3.35. The molecule has 0 aromatic heterocycles. The molecule has 2 bridgehead atoms. The Hall–Kier alpha value is -1.88. The van der Waals surface area contributed by atoms with Crippen LogP contribution in [0.1, 0.15) is 24.0 Å². The van der Waals surface area contributed by atoms with E-state index in [1.165, 1.54) is 11.1 Å². The lowest BCUT2D eigenvalue weighted by molar-refractivity contribution is 0.000379. The van der Waals surface area contributed by atoms with E-state index >= 15 is 0 Å². The van der Waals surface area contributed by atoms with E-state index in [2.05, 4.69) is 35.2 Å². The first-order valence-electron chi connectivity index (χ1n) is 10.0. The highest BCUT2D eigenvalue weighted by Crippen LogP contribution is 2.54. The van der Waals surface area contributed by atoms with E-state index in [-0.39, 0.29) is 18.3 Å². The van der Waals surface area contributed by atoms with Crippen LogP contribution in [0.15, 0.2) is 54.6 Å². The predicted molar refractivity (Wildman–Crippen MR) is 103 cm³/mol. The van der Waals surface area contributed by atoms with Gasteiger partial charge in [0, 0.05) is 38.1 Å². The molecule has 3 fully saturated rings. The Bertz CT molecular complexity index is 795. The smallest absolute Gasteiger partial charge is 0.120 e. The van der Waals surface area contributed by atoms with Crippen molar-refractivity contribution < 1.29 is 14.6 Å². The van der Waals surface area contributed by atoms with Crippen molar-refractivity contribution >= 4 is 0 Å².